The van der Waals surface area contributed by atoms with E-state index in [0.717, 1.165) is 16.0 Å². The molecule has 0 spiro atoms. The van der Waals surface area contributed by atoms with Gasteiger partial charge in [-0.15, -0.1) is 0 Å². The molecule has 0 saturated carbocycles. The Balaban J connectivity index is 1.62. The van der Waals surface area contributed by atoms with Gasteiger partial charge in [0.05, 0.1) is 18.2 Å². The Bertz CT molecular complexity index is 1210. The highest BCUT2D eigenvalue weighted by atomic mass is 32.2. The van der Waals surface area contributed by atoms with Gasteiger partial charge in [-0.1, -0.05) is 65.6 Å². The first kappa shape index (κ1) is 23.4. The van der Waals surface area contributed by atoms with Crippen molar-refractivity contribution in [3.05, 3.63) is 71.5 Å². The summed E-state index contributed by atoms with van der Waals surface area (Å²) < 4.78 is 14.1. The Morgan fingerprint density at radius 3 is 2.48 bits per heavy atom. The summed E-state index contributed by atoms with van der Waals surface area (Å²) in [5.41, 5.74) is 2.18. The van der Waals surface area contributed by atoms with Crippen LogP contribution in [0.1, 0.15) is 37.9 Å². The second kappa shape index (κ2) is 10.0. The first-order chi connectivity index (χ1) is 15.8. The van der Waals surface area contributed by atoms with Crippen molar-refractivity contribution in [2.45, 2.75) is 43.3 Å². The van der Waals surface area contributed by atoms with Crippen LogP contribution in [-0.2, 0) is 5.75 Å². The van der Waals surface area contributed by atoms with Gasteiger partial charge >= 0.3 is 0 Å². The number of aliphatic hydroxyl groups excluding tert-OH is 1. The molecule has 1 unspecified atom stereocenters. The molecule has 4 aromatic rings. The number of benzene rings is 2. The predicted molar refractivity (Wildman–Crippen MR) is 134 cm³/mol. The third-order valence-electron chi connectivity index (χ3n) is 5.01. The van der Waals surface area contributed by atoms with E-state index < -0.39 is 5.54 Å². The maximum Gasteiger partial charge on any atom is 0.191 e. The zero-order chi connectivity index (χ0) is 23.4. The molecule has 0 radical (unpaired) electrons. The van der Waals surface area contributed by atoms with Crippen LogP contribution in [0, 0.1) is 5.82 Å². The normalized spacial score (nSPS) is 12.6. The fourth-order valence-electron chi connectivity index (χ4n) is 3.12. The van der Waals surface area contributed by atoms with Gasteiger partial charge < -0.3 is 15.7 Å². The summed E-state index contributed by atoms with van der Waals surface area (Å²) in [4.78, 5) is 14.1. The number of aromatic nitrogens is 3. The first-order valence-corrected chi connectivity index (χ1v) is 12.4. The highest BCUT2D eigenvalue weighted by Crippen LogP contribution is 2.35. The summed E-state index contributed by atoms with van der Waals surface area (Å²) in [6.45, 7) is 5.78. The molecule has 0 aliphatic heterocycles. The number of aliphatic hydroxyl groups is 1. The maximum absolute atomic E-state index is 13.3. The van der Waals surface area contributed by atoms with E-state index in [9.17, 15) is 9.50 Å². The van der Waals surface area contributed by atoms with Gasteiger partial charge in [-0.25, -0.2) is 14.4 Å². The molecule has 1 atom stereocenters. The van der Waals surface area contributed by atoms with E-state index in [-0.39, 0.29) is 18.5 Å². The van der Waals surface area contributed by atoms with Gasteiger partial charge in [0.2, 0.25) is 0 Å². The molecule has 0 aliphatic carbocycles. The molecule has 2 aromatic carbocycles. The lowest BCUT2D eigenvalue weighted by Crippen LogP contribution is -2.35. The molecule has 172 valence electrons. The lowest BCUT2D eigenvalue weighted by Gasteiger charge is -2.24. The van der Waals surface area contributed by atoms with Crippen LogP contribution in [0.4, 0.5) is 15.3 Å². The van der Waals surface area contributed by atoms with Gasteiger partial charge in [0, 0.05) is 5.75 Å². The molecule has 0 fully saturated rings. The predicted octanol–water partition coefficient (Wildman–Crippen LogP) is 5.87. The van der Waals surface area contributed by atoms with E-state index in [1.165, 1.54) is 29.0 Å². The quantitative estimate of drug-likeness (QED) is 0.203. The van der Waals surface area contributed by atoms with Crippen molar-refractivity contribution in [2.75, 3.05) is 17.2 Å². The molecular weight excluding hydrogens is 457 g/mol. The SMILES string of the molecule is CC(Nc1nc2nc(SCc3ccccc3)nc(NC(C)(C)CO)c2s1)c1ccc(F)cc1. The smallest absolute Gasteiger partial charge is 0.191 e. The van der Waals surface area contributed by atoms with Crippen LogP contribution in [0.25, 0.3) is 10.3 Å². The van der Waals surface area contributed by atoms with Gasteiger partial charge in [0.25, 0.3) is 0 Å². The van der Waals surface area contributed by atoms with Gasteiger partial charge in [-0.05, 0) is 44.0 Å². The highest BCUT2D eigenvalue weighted by Gasteiger charge is 2.22. The largest absolute Gasteiger partial charge is 0.394 e. The number of hydrogen-bond acceptors (Lipinski definition) is 8. The molecule has 0 saturated heterocycles. The third-order valence-corrected chi connectivity index (χ3v) is 6.91. The molecule has 6 nitrogen and oxygen atoms in total. The summed E-state index contributed by atoms with van der Waals surface area (Å²) in [5.74, 6) is 1.13. The number of nitrogens with zero attached hydrogens (tertiary/aromatic N) is 3. The number of halogens is 1. The minimum Gasteiger partial charge on any atom is -0.394 e. The molecule has 4 rings (SSSR count). The average Bonchev–Trinajstić information content (AvgIpc) is 3.21. The van der Waals surface area contributed by atoms with Crippen molar-refractivity contribution in [1.29, 1.82) is 0 Å². The van der Waals surface area contributed by atoms with Crippen molar-refractivity contribution < 1.29 is 9.50 Å². The number of nitrogens with one attached hydrogen (secondary N) is 2. The van der Waals surface area contributed by atoms with Gasteiger partial charge in [-0.3, -0.25) is 0 Å². The van der Waals surface area contributed by atoms with Crippen molar-refractivity contribution in [1.82, 2.24) is 15.0 Å². The van der Waals surface area contributed by atoms with Gasteiger partial charge in [-0.2, -0.15) is 4.98 Å². The second-order valence-electron chi connectivity index (χ2n) is 8.39. The molecule has 2 aromatic heterocycles. The number of rotatable bonds is 9. The zero-order valence-electron chi connectivity index (χ0n) is 18.7. The Morgan fingerprint density at radius 2 is 1.79 bits per heavy atom. The van der Waals surface area contributed by atoms with Crippen LogP contribution < -0.4 is 10.6 Å². The van der Waals surface area contributed by atoms with Gasteiger partial charge in [0.1, 0.15) is 10.5 Å². The van der Waals surface area contributed by atoms with E-state index in [4.69, 9.17) is 9.97 Å². The fourth-order valence-corrected chi connectivity index (χ4v) is 4.85. The standard InChI is InChI=1S/C24H26FN5OS2/c1-15(17-9-11-18(25)12-10-17)26-23-28-20-19(33-23)21(30-24(2,3)14-31)29-22(27-20)32-13-16-7-5-4-6-8-16/h4-12,15,31H,13-14H2,1-3H3,(H2,26,27,28,29,30). The summed E-state index contributed by atoms with van der Waals surface area (Å²) >= 11 is 2.99. The highest BCUT2D eigenvalue weighted by molar-refractivity contribution is 7.98. The zero-order valence-corrected chi connectivity index (χ0v) is 20.3. The van der Waals surface area contributed by atoms with Gasteiger partial charge in [0.15, 0.2) is 21.8 Å². The molecule has 0 bridgehead atoms. The van der Waals surface area contributed by atoms with Crippen molar-refractivity contribution >= 4 is 44.4 Å². The van der Waals surface area contributed by atoms with E-state index in [2.05, 4.69) is 27.8 Å². The molecule has 9 heteroatoms. The summed E-state index contributed by atoms with van der Waals surface area (Å²) in [6, 6.07) is 16.5. The molecule has 2 heterocycles. The fraction of sp³-hybridized carbons (Fsp3) is 0.292. The van der Waals surface area contributed by atoms with E-state index in [1.54, 1.807) is 23.9 Å². The van der Waals surface area contributed by atoms with E-state index in [0.29, 0.717) is 21.8 Å². The van der Waals surface area contributed by atoms with Crippen LogP contribution in [0.2, 0.25) is 0 Å². The van der Waals surface area contributed by atoms with Crippen LogP contribution in [0.5, 0.6) is 0 Å². The number of thiazole rings is 1. The summed E-state index contributed by atoms with van der Waals surface area (Å²) in [6.07, 6.45) is 0. The molecule has 0 aliphatic rings. The minimum absolute atomic E-state index is 0.0451. The molecule has 0 amide bonds. The number of hydrogen-bond donors (Lipinski definition) is 3. The van der Waals surface area contributed by atoms with E-state index in [1.807, 2.05) is 39.0 Å². The van der Waals surface area contributed by atoms with Crippen molar-refractivity contribution in [3.8, 4) is 0 Å². The number of thioether (sulfide) groups is 1. The minimum atomic E-state index is -0.554. The Labute approximate surface area is 200 Å². The third kappa shape index (κ3) is 5.98. The van der Waals surface area contributed by atoms with E-state index >= 15 is 0 Å². The van der Waals surface area contributed by atoms with Crippen molar-refractivity contribution in [2.24, 2.45) is 0 Å². The molecule has 3 N–H and O–H groups in total. The van der Waals surface area contributed by atoms with Crippen LogP contribution in [0.3, 0.4) is 0 Å². The van der Waals surface area contributed by atoms with Crippen LogP contribution in [-0.4, -0.2) is 32.2 Å². The number of fused-ring (bicyclic) bond motifs is 1. The summed E-state index contributed by atoms with van der Waals surface area (Å²) in [5, 5.41) is 17.8. The first-order valence-electron chi connectivity index (χ1n) is 10.6. The topological polar surface area (TPSA) is 83.0 Å². The lowest BCUT2D eigenvalue weighted by atomic mass is 10.1. The second-order valence-corrected chi connectivity index (χ2v) is 10.3. The van der Waals surface area contributed by atoms with Crippen LogP contribution in [0.15, 0.2) is 59.8 Å². The van der Waals surface area contributed by atoms with Crippen molar-refractivity contribution in [3.63, 3.8) is 0 Å². The number of anilines is 2. The summed E-state index contributed by atoms with van der Waals surface area (Å²) in [7, 11) is 0. The van der Waals surface area contributed by atoms with Crippen LogP contribution >= 0.6 is 23.1 Å². The Hall–Kier alpha value is -2.75. The molecule has 33 heavy (non-hydrogen) atoms. The molecular formula is C24H26FN5OS2. The maximum atomic E-state index is 13.3. The Morgan fingerprint density at radius 1 is 1.06 bits per heavy atom. The Kier molecular flexibility index (Phi) is 7.11. The average molecular weight is 484 g/mol. The monoisotopic (exact) mass is 483 g/mol. The lowest BCUT2D eigenvalue weighted by molar-refractivity contribution is 0.234.